The Bertz CT molecular complexity index is 1170. The van der Waals surface area contributed by atoms with Gasteiger partial charge in [0.05, 0.1) is 0 Å². The zero-order chi connectivity index (χ0) is 19.1. The van der Waals surface area contributed by atoms with E-state index in [4.69, 9.17) is 0 Å². The van der Waals surface area contributed by atoms with Crippen molar-refractivity contribution >= 4 is 38.4 Å². The van der Waals surface area contributed by atoms with Crippen LogP contribution in [0.3, 0.4) is 0 Å². The highest BCUT2D eigenvalue weighted by Gasteiger charge is 2.31. The summed E-state index contributed by atoms with van der Waals surface area (Å²) in [5, 5.41) is 1.17. The normalized spacial score (nSPS) is 13.8. The Balaban J connectivity index is 1.69. The summed E-state index contributed by atoms with van der Waals surface area (Å²) in [5.41, 5.74) is 5.22. The summed E-state index contributed by atoms with van der Waals surface area (Å²) in [4.78, 5) is 15.5. The molecular weight excluding hydrogens is 412 g/mol. The van der Waals surface area contributed by atoms with Gasteiger partial charge in [-0.3, -0.25) is 4.79 Å². The molecule has 4 aromatic rings. The van der Waals surface area contributed by atoms with Crippen molar-refractivity contribution in [3.63, 3.8) is 0 Å². The molecule has 1 aliphatic rings. The van der Waals surface area contributed by atoms with E-state index in [1.165, 1.54) is 10.9 Å². The number of anilines is 1. The topological polar surface area (TPSA) is 25.2 Å². The minimum atomic E-state index is 0.0794. The molecule has 0 saturated heterocycles. The molecule has 0 aliphatic carbocycles. The summed E-state index contributed by atoms with van der Waals surface area (Å²) < 4.78 is 3.22. The Labute approximate surface area is 172 Å². The van der Waals surface area contributed by atoms with Crippen molar-refractivity contribution in [2.45, 2.75) is 13.0 Å². The Morgan fingerprint density at radius 2 is 1.61 bits per heavy atom. The van der Waals surface area contributed by atoms with Crippen molar-refractivity contribution < 1.29 is 4.79 Å². The first-order valence-corrected chi connectivity index (χ1v) is 10.2. The number of amides is 1. The van der Waals surface area contributed by atoms with Gasteiger partial charge < -0.3 is 9.47 Å². The number of nitrogens with zero attached hydrogens (tertiary/aromatic N) is 2. The van der Waals surface area contributed by atoms with E-state index >= 15 is 0 Å². The van der Waals surface area contributed by atoms with Gasteiger partial charge in [-0.15, -0.1) is 0 Å². The molecule has 2 heterocycles. The lowest BCUT2D eigenvalue weighted by Crippen LogP contribution is -2.38. The SMILES string of the molecule is O=C1c2c(c3cc(Br)ccc3n2Cc2ccccc2)CCN1c1ccccc1. The van der Waals surface area contributed by atoms with Gasteiger partial charge in [0.15, 0.2) is 0 Å². The molecule has 138 valence electrons. The first-order chi connectivity index (χ1) is 13.7. The molecule has 5 rings (SSSR count). The van der Waals surface area contributed by atoms with Gasteiger partial charge in [0.1, 0.15) is 5.69 Å². The summed E-state index contributed by atoms with van der Waals surface area (Å²) in [6.45, 7) is 1.38. The molecule has 0 saturated carbocycles. The van der Waals surface area contributed by atoms with Crippen molar-refractivity contribution in [3.8, 4) is 0 Å². The highest BCUT2D eigenvalue weighted by atomic mass is 79.9. The van der Waals surface area contributed by atoms with E-state index in [-0.39, 0.29) is 5.91 Å². The molecular formula is C24H19BrN2O. The van der Waals surface area contributed by atoms with Crippen molar-refractivity contribution in [2.24, 2.45) is 0 Å². The Morgan fingerprint density at radius 3 is 2.36 bits per heavy atom. The molecule has 1 aromatic heterocycles. The van der Waals surface area contributed by atoms with Crippen LogP contribution in [0.1, 0.15) is 21.6 Å². The standard InChI is InChI=1S/C24H19BrN2O/c25-18-11-12-22-21(15-18)20-13-14-26(19-9-5-2-6-10-19)24(28)23(20)27(22)16-17-7-3-1-4-8-17/h1-12,15H,13-14,16H2. The van der Waals surface area contributed by atoms with Crippen LogP contribution in [-0.4, -0.2) is 17.0 Å². The van der Waals surface area contributed by atoms with Crippen LogP contribution in [0.25, 0.3) is 10.9 Å². The van der Waals surface area contributed by atoms with Crippen LogP contribution in [0.4, 0.5) is 5.69 Å². The van der Waals surface area contributed by atoms with E-state index in [0.29, 0.717) is 13.1 Å². The molecule has 1 aliphatic heterocycles. The molecule has 4 heteroatoms. The van der Waals surface area contributed by atoms with Crippen LogP contribution in [0.5, 0.6) is 0 Å². The zero-order valence-corrected chi connectivity index (χ0v) is 16.9. The highest BCUT2D eigenvalue weighted by molar-refractivity contribution is 9.10. The van der Waals surface area contributed by atoms with E-state index in [0.717, 1.165) is 33.4 Å². The van der Waals surface area contributed by atoms with Gasteiger partial charge in [-0.2, -0.15) is 0 Å². The number of carbonyl (C=O) groups excluding carboxylic acids is 1. The van der Waals surface area contributed by atoms with Crippen molar-refractivity contribution in [2.75, 3.05) is 11.4 Å². The maximum absolute atomic E-state index is 13.6. The third-order valence-corrected chi connectivity index (χ3v) is 5.91. The second-order valence-corrected chi connectivity index (χ2v) is 8.02. The predicted molar refractivity (Wildman–Crippen MR) is 117 cm³/mol. The van der Waals surface area contributed by atoms with Gasteiger partial charge in [-0.25, -0.2) is 0 Å². The smallest absolute Gasteiger partial charge is 0.275 e. The third-order valence-electron chi connectivity index (χ3n) is 5.41. The van der Waals surface area contributed by atoms with Crippen LogP contribution in [-0.2, 0) is 13.0 Å². The van der Waals surface area contributed by atoms with Crippen LogP contribution >= 0.6 is 15.9 Å². The van der Waals surface area contributed by atoms with Gasteiger partial charge in [0.25, 0.3) is 5.91 Å². The fourth-order valence-corrected chi connectivity index (χ4v) is 4.49. The molecule has 1 amide bonds. The summed E-state index contributed by atoms with van der Waals surface area (Å²) >= 11 is 3.60. The quantitative estimate of drug-likeness (QED) is 0.411. The fourth-order valence-electron chi connectivity index (χ4n) is 4.13. The lowest BCUT2D eigenvalue weighted by molar-refractivity contribution is 0.0972. The Morgan fingerprint density at radius 1 is 0.893 bits per heavy atom. The minimum Gasteiger partial charge on any atom is -0.332 e. The number of fused-ring (bicyclic) bond motifs is 3. The van der Waals surface area contributed by atoms with Gasteiger partial charge >= 0.3 is 0 Å². The lowest BCUT2D eigenvalue weighted by atomic mass is 10.0. The first kappa shape index (κ1) is 17.3. The van der Waals surface area contributed by atoms with Crippen LogP contribution < -0.4 is 4.90 Å². The van der Waals surface area contributed by atoms with Crippen LogP contribution in [0.2, 0.25) is 0 Å². The van der Waals surface area contributed by atoms with Gasteiger partial charge in [-0.05, 0) is 47.9 Å². The highest BCUT2D eigenvalue weighted by Crippen LogP contribution is 2.34. The average Bonchev–Trinajstić information content (AvgIpc) is 3.03. The predicted octanol–water partition coefficient (Wildman–Crippen LogP) is 5.66. The third kappa shape index (κ3) is 2.85. The number of rotatable bonds is 3. The van der Waals surface area contributed by atoms with Gasteiger partial charge in [0.2, 0.25) is 0 Å². The van der Waals surface area contributed by atoms with Crippen LogP contribution in [0.15, 0.2) is 83.3 Å². The molecule has 0 N–H and O–H groups in total. The summed E-state index contributed by atoms with van der Waals surface area (Å²) in [7, 11) is 0. The summed E-state index contributed by atoms with van der Waals surface area (Å²) in [5.74, 6) is 0.0794. The van der Waals surface area contributed by atoms with Gasteiger partial charge in [0, 0.05) is 34.2 Å². The van der Waals surface area contributed by atoms with E-state index < -0.39 is 0 Å². The number of hydrogen-bond donors (Lipinski definition) is 0. The number of carbonyl (C=O) groups is 1. The van der Waals surface area contributed by atoms with E-state index in [9.17, 15) is 4.79 Å². The minimum absolute atomic E-state index is 0.0794. The summed E-state index contributed by atoms with van der Waals surface area (Å²) in [6.07, 6.45) is 0.852. The first-order valence-electron chi connectivity index (χ1n) is 9.44. The maximum Gasteiger partial charge on any atom is 0.275 e. The largest absolute Gasteiger partial charge is 0.332 e. The monoisotopic (exact) mass is 430 g/mol. The number of para-hydroxylation sites is 1. The van der Waals surface area contributed by atoms with Crippen molar-refractivity contribution in [3.05, 3.63) is 100 Å². The molecule has 0 radical (unpaired) electrons. The summed E-state index contributed by atoms with van der Waals surface area (Å²) in [6, 6.07) is 26.6. The molecule has 0 fully saturated rings. The number of hydrogen-bond acceptors (Lipinski definition) is 1. The van der Waals surface area contributed by atoms with E-state index in [1.807, 2.05) is 53.4 Å². The molecule has 0 bridgehead atoms. The van der Waals surface area contributed by atoms with Gasteiger partial charge in [-0.1, -0.05) is 64.5 Å². The molecule has 0 spiro atoms. The fraction of sp³-hybridized carbons (Fsp3) is 0.125. The Hall–Kier alpha value is -2.85. The number of halogens is 1. The second-order valence-electron chi connectivity index (χ2n) is 7.10. The van der Waals surface area contributed by atoms with Crippen molar-refractivity contribution in [1.82, 2.24) is 4.57 Å². The molecule has 3 aromatic carbocycles. The Kier molecular flexibility index (Phi) is 4.29. The average molecular weight is 431 g/mol. The number of aromatic nitrogens is 1. The van der Waals surface area contributed by atoms with Crippen molar-refractivity contribution in [1.29, 1.82) is 0 Å². The maximum atomic E-state index is 13.6. The van der Waals surface area contributed by atoms with E-state index in [1.54, 1.807) is 0 Å². The van der Waals surface area contributed by atoms with Crippen LogP contribution in [0, 0.1) is 0 Å². The number of benzene rings is 3. The molecule has 0 atom stereocenters. The molecule has 0 unspecified atom stereocenters. The zero-order valence-electron chi connectivity index (χ0n) is 15.3. The molecule has 3 nitrogen and oxygen atoms in total. The van der Waals surface area contributed by atoms with E-state index in [2.05, 4.69) is 50.8 Å². The second kappa shape index (κ2) is 6.95. The lowest BCUT2D eigenvalue weighted by Gasteiger charge is -2.28. The molecule has 28 heavy (non-hydrogen) atoms.